The predicted molar refractivity (Wildman–Crippen MR) is 80.7 cm³/mol. The predicted octanol–water partition coefficient (Wildman–Crippen LogP) is 2.56. The third kappa shape index (κ3) is 5.13. The fourth-order valence-electron chi connectivity index (χ4n) is 2.30. The van der Waals surface area contributed by atoms with Crippen LogP contribution in [0.25, 0.3) is 0 Å². The third-order valence-electron chi connectivity index (χ3n) is 3.71. The molecule has 1 aliphatic carbocycles. The minimum Gasteiger partial charge on any atom is -0.466 e. The number of amides is 1. The molecule has 0 saturated heterocycles. The van der Waals surface area contributed by atoms with E-state index in [-0.39, 0.29) is 30.0 Å². The molecule has 0 bridgehead atoms. The van der Waals surface area contributed by atoms with E-state index in [9.17, 15) is 14.0 Å². The average Bonchev–Trinajstić information content (AvgIpc) is 3.33. The minimum absolute atomic E-state index is 0.117. The molecule has 2 rings (SSSR count). The summed E-state index contributed by atoms with van der Waals surface area (Å²) >= 11 is 0. The van der Waals surface area contributed by atoms with E-state index < -0.39 is 0 Å². The van der Waals surface area contributed by atoms with Gasteiger partial charge in [0, 0.05) is 19.0 Å². The maximum Gasteiger partial charge on any atom is 0.307 e. The highest BCUT2D eigenvalue weighted by Gasteiger charge is 2.33. The lowest BCUT2D eigenvalue weighted by molar-refractivity contribution is -0.144. The van der Waals surface area contributed by atoms with Crippen molar-refractivity contribution in [1.82, 2.24) is 4.90 Å². The number of halogens is 1. The number of nitrogens with zero attached hydrogens (tertiary/aromatic N) is 1. The Morgan fingerprint density at radius 2 is 1.91 bits per heavy atom. The second-order valence-corrected chi connectivity index (χ2v) is 5.53. The van der Waals surface area contributed by atoms with Crippen molar-refractivity contribution in [2.75, 3.05) is 19.7 Å². The van der Waals surface area contributed by atoms with Crippen LogP contribution >= 0.6 is 0 Å². The number of esters is 1. The lowest BCUT2D eigenvalue weighted by atomic mass is 10.1. The molecule has 120 valence electrons. The van der Waals surface area contributed by atoms with Crippen LogP contribution in [0.3, 0.4) is 0 Å². The van der Waals surface area contributed by atoms with Crippen molar-refractivity contribution in [3.05, 3.63) is 35.6 Å². The molecule has 0 aliphatic heterocycles. The van der Waals surface area contributed by atoms with Gasteiger partial charge in [0.2, 0.25) is 5.91 Å². The Kier molecular flexibility index (Phi) is 5.92. The zero-order valence-corrected chi connectivity index (χ0v) is 12.9. The molecule has 0 atom stereocenters. The lowest BCUT2D eigenvalue weighted by Crippen LogP contribution is -2.36. The maximum absolute atomic E-state index is 12.9. The van der Waals surface area contributed by atoms with Gasteiger partial charge in [0.05, 0.1) is 13.0 Å². The van der Waals surface area contributed by atoms with E-state index in [0.717, 1.165) is 18.4 Å². The van der Waals surface area contributed by atoms with Crippen LogP contribution in [0, 0.1) is 11.7 Å². The minimum atomic E-state index is -0.280. The van der Waals surface area contributed by atoms with Gasteiger partial charge in [0.1, 0.15) is 5.82 Å². The largest absolute Gasteiger partial charge is 0.466 e. The van der Waals surface area contributed by atoms with Crippen molar-refractivity contribution < 1.29 is 18.7 Å². The smallest absolute Gasteiger partial charge is 0.307 e. The summed E-state index contributed by atoms with van der Waals surface area (Å²) in [6.45, 7) is 3.04. The van der Waals surface area contributed by atoms with Crippen LogP contribution in [0.2, 0.25) is 0 Å². The first-order chi connectivity index (χ1) is 10.6. The monoisotopic (exact) mass is 307 g/mol. The first-order valence-corrected chi connectivity index (χ1v) is 7.79. The summed E-state index contributed by atoms with van der Waals surface area (Å²) in [5.41, 5.74) is 0.978. The van der Waals surface area contributed by atoms with Crippen molar-refractivity contribution in [3.8, 4) is 0 Å². The second-order valence-electron chi connectivity index (χ2n) is 5.53. The highest BCUT2D eigenvalue weighted by Crippen LogP contribution is 2.31. The summed E-state index contributed by atoms with van der Waals surface area (Å²) in [4.78, 5) is 25.5. The van der Waals surface area contributed by atoms with Gasteiger partial charge in [0.25, 0.3) is 0 Å². The highest BCUT2D eigenvalue weighted by molar-refractivity contribution is 5.81. The first-order valence-electron chi connectivity index (χ1n) is 7.79. The Morgan fingerprint density at radius 3 is 2.50 bits per heavy atom. The molecule has 0 unspecified atom stereocenters. The van der Waals surface area contributed by atoms with Gasteiger partial charge in [0.15, 0.2) is 0 Å². The molecule has 0 aromatic heterocycles. The topological polar surface area (TPSA) is 46.6 Å². The van der Waals surface area contributed by atoms with Gasteiger partial charge in [-0.3, -0.25) is 9.59 Å². The number of hydrogen-bond donors (Lipinski definition) is 0. The lowest BCUT2D eigenvalue weighted by Gasteiger charge is -2.22. The number of benzene rings is 1. The van der Waals surface area contributed by atoms with Gasteiger partial charge in [-0.2, -0.15) is 0 Å². The fraction of sp³-hybridized carbons (Fsp3) is 0.529. The van der Waals surface area contributed by atoms with Crippen LogP contribution in [0.5, 0.6) is 0 Å². The highest BCUT2D eigenvalue weighted by atomic mass is 19.1. The summed E-state index contributed by atoms with van der Waals surface area (Å²) < 4.78 is 17.8. The summed E-state index contributed by atoms with van der Waals surface area (Å²) in [7, 11) is 0. The summed E-state index contributed by atoms with van der Waals surface area (Å²) in [6, 6.07) is 6.28. The molecule has 1 aromatic carbocycles. The average molecular weight is 307 g/mol. The molecule has 0 radical (unpaired) electrons. The van der Waals surface area contributed by atoms with Gasteiger partial charge in [-0.25, -0.2) is 4.39 Å². The molecule has 0 spiro atoms. The van der Waals surface area contributed by atoms with Gasteiger partial charge < -0.3 is 9.64 Å². The van der Waals surface area contributed by atoms with E-state index in [4.69, 9.17) is 4.74 Å². The van der Waals surface area contributed by atoms with Crippen LogP contribution in [0.4, 0.5) is 4.39 Å². The molecule has 5 heteroatoms. The number of ether oxygens (including phenoxy) is 1. The molecular weight excluding hydrogens is 285 g/mol. The molecule has 1 amide bonds. The fourth-order valence-corrected chi connectivity index (χ4v) is 2.30. The molecule has 4 nitrogen and oxygen atoms in total. The van der Waals surface area contributed by atoms with Crippen LogP contribution < -0.4 is 0 Å². The standard InChI is InChI=1S/C17H22FNO3/c1-2-22-16(20)10-12-19(17(21)14-5-6-14)11-9-13-3-7-15(18)8-4-13/h3-4,7-8,14H,2,5-6,9-12H2,1H3. The molecule has 1 aliphatic rings. The van der Waals surface area contributed by atoms with Gasteiger partial charge in [-0.05, 0) is 43.9 Å². The Balaban J connectivity index is 1.87. The van der Waals surface area contributed by atoms with Crippen LogP contribution in [0.1, 0.15) is 31.7 Å². The quantitative estimate of drug-likeness (QED) is 0.693. The number of hydrogen-bond acceptors (Lipinski definition) is 3. The van der Waals surface area contributed by atoms with Gasteiger partial charge in [-0.15, -0.1) is 0 Å². The zero-order valence-electron chi connectivity index (χ0n) is 12.9. The van der Waals surface area contributed by atoms with Crippen molar-refractivity contribution in [2.24, 2.45) is 5.92 Å². The summed E-state index contributed by atoms with van der Waals surface area (Å²) in [5.74, 6) is -0.309. The Labute approximate surface area is 130 Å². The van der Waals surface area contributed by atoms with Crippen LogP contribution in [0.15, 0.2) is 24.3 Å². The van der Waals surface area contributed by atoms with Crippen molar-refractivity contribution in [3.63, 3.8) is 0 Å². The van der Waals surface area contributed by atoms with E-state index in [0.29, 0.717) is 26.1 Å². The Morgan fingerprint density at radius 1 is 1.23 bits per heavy atom. The zero-order chi connectivity index (χ0) is 15.9. The molecule has 1 aromatic rings. The van der Waals surface area contributed by atoms with Crippen molar-refractivity contribution >= 4 is 11.9 Å². The Bertz CT molecular complexity index is 511. The van der Waals surface area contributed by atoms with Crippen molar-refractivity contribution in [1.29, 1.82) is 0 Å². The second kappa shape index (κ2) is 7.92. The first kappa shape index (κ1) is 16.5. The van der Waals surface area contributed by atoms with Crippen molar-refractivity contribution in [2.45, 2.75) is 32.6 Å². The van der Waals surface area contributed by atoms with Crippen LogP contribution in [-0.2, 0) is 20.7 Å². The molecular formula is C17H22FNO3. The molecule has 0 heterocycles. The number of rotatable bonds is 8. The summed E-state index contributed by atoms with van der Waals surface area (Å²) in [6.07, 6.45) is 2.74. The van der Waals surface area contributed by atoms with E-state index in [1.807, 2.05) is 0 Å². The molecule has 0 N–H and O–H groups in total. The normalized spacial score (nSPS) is 13.7. The SMILES string of the molecule is CCOC(=O)CCN(CCc1ccc(F)cc1)C(=O)C1CC1. The Hall–Kier alpha value is -1.91. The van der Waals surface area contributed by atoms with Gasteiger partial charge in [-0.1, -0.05) is 12.1 Å². The molecule has 22 heavy (non-hydrogen) atoms. The summed E-state index contributed by atoms with van der Waals surface area (Å²) in [5, 5.41) is 0. The number of carbonyl (C=O) groups is 2. The van der Waals surface area contributed by atoms with E-state index in [1.54, 1.807) is 24.0 Å². The molecule has 1 fully saturated rings. The maximum atomic E-state index is 12.9. The molecule has 1 saturated carbocycles. The van der Waals surface area contributed by atoms with Crippen LogP contribution in [-0.4, -0.2) is 36.5 Å². The van der Waals surface area contributed by atoms with E-state index in [2.05, 4.69) is 0 Å². The van der Waals surface area contributed by atoms with E-state index >= 15 is 0 Å². The van der Waals surface area contributed by atoms with Gasteiger partial charge >= 0.3 is 5.97 Å². The van der Waals surface area contributed by atoms with E-state index in [1.165, 1.54) is 12.1 Å². The third-order valence-corrected chi connectivity index (χ3v) is 3.71. The number of carbonyl (C=O) groups excluding carboxylic acids is 2.